The SMILES string of the molecule is CNc1ncc(Cl)c(-c2c(O)[nH]c3ccccc23)n1. The number of fused-ring (bicyclic) bond motifs is 1. The van der Waals surface area contributed by atoms with Crippen LogP contribution in [0.3, 0.4) is 0 Å². The van der Waals surface area contributed by atoms with Crippen LogP contribution in [0.15, 0.2) is 30.5 Å². The number of para-hydroxylation sites is 1. The summed E-state index contributed by atoms with van der Waals surface area (Å²) in [5, 5.41) is 14.2. The molecule has 2 aromatic heterocycles. The van der Waals surface area contributed by atoms with E-state index in [-0.39, 0.29) is 5.88 Å². The molecule has 0 fully saturated rings. The summed E-state index contributed by atoms with van der Waals surface area (Å²) in [4.78, 5) is 11.2. The molecule has 0 spiro atoms. The Labute approximate surface area is 114 Å². The first-order valence-electron chi connectivity index (χ1n) is 5.71. The number of hydrogen-bond acceptors (Lipinski definition) is 4. The van der Waals surface area contributed by atoms with Gasteiger partial charge in [-0.2, -0.15) is 0 Å². The lowest BCUT2D eigenvalue weighted by Gasteiger charge is -2.05. The lowest BCUT2D eigenvalue weighted by Crippen LogP contribution is -1.97. The molecular weight excluding hydrogens is 264 g/mol. The summed E-state index contributed by atoms with van der Waals surface area (Å²) >= 11 is 6.14. The number of aromatic nitrogens is 3. The zero-order valence-electron chi connectivity index (χ0n) is 10.1. The van der Waals surface area contributed by atoms with E-state index in [2.05, 4.69) is 20.3 Å². The van der Waals surface area contributed by atoms with Gasteiger partial charge >= 0.3 is 0 Å². The summed E-state index contributed by atoms with van der Waals surface area (Å²) in [6, 6.07) is 7.57. The zero-order chi connectivity index (χ0) is 13.4. The predicted octanol–water partition coefficient (Wildman–Crippen LogP) is 3.03. The van der Waals surface area contributed by atoms with E-state index in [1.165, 1.54) is 6.20 Å². The Balaban J connectivity index is 2.32. The van der Waals surface area contributed by atoms with E-state index in [0.717, 1.165) is 10.9 Å². The summed E-state index contributed by atoms with van der Waals surface area (Å²) in [5.41, 5.74) is 1.91. The highest BCUT2D eigenvalue weighted by Gasteiger charge is 2.17. The molecule has 3 rings (SSSR count). The normalized spacial score (nSPS) is 10.8. The molecule has 19 heavy (non-hydrogen) atoms. The van der Waals surface area contributed by atoms with Crippen molar-refractivity contribution in [3.63, 3.8) is 0 Å². The molecule has 0 aliphatic rings. The van der Waals surface area contributed by atoms with Gasteiger partial charge in [-0.3, -0.25) is 0 Å². The van der Waals surface area contributed by atoms with Crippen LogP contribution in [0, 0.1) is 0 Å². The molecular formula is C13H11ClN4O. The molecule has 0 unspecified atom stereocenters. The van der Waals surface area contributed by atoms with Crippen molar-refractivity contribution < 1.29 is 5.11 Å². The van der Waals surface area contributed by atoms with Crippen LogP contribution in [-0.4, -0.2) is 27.1 Å². The number of anilines is 1. The van der Waals surface area contributed by atoms with Gasteiger partial charge in [0.15, 0.2) is 5.88 Å². The minimum atomic E-state index is 0.0452. The average Bonchev–Trinajstić information content (AvgIpc) is 2.75. The molecule has 3 aromatic rings. The minimum Gasteiger partial charge on any atom is -0.494 e. The van der Waals surface area contributed by atoms with Crippen molar-refractivity contribution in [3.8, 4) is 17.1 Å². The number of benzene rings is 1. The van der Waals surface area contributed by atoms with Crippen molar-refractivity contribution in [2.75, 3.05) is 12.4 Å². The van der Waals surface area contributed by atoms with Gasteiger partial charge in [-0.25, -0.2) is 9.97 Å². The van der Waals surface area contributed by atoms with Crippen LogP contribution in [0.2, 0.25) is 5.02 Å². The Morgan fingerprint density at radius 2 is 2.11 bits per heavy atom. The Kier molecular flexibility index (Phi) is 2.76. The topological polar surface area (TPSA) is 73.8 Å². The van der Waals surface area contributed by atoms with Gasteiger partial charge in [-0.1, -0.05) is 29.8 Å². The molecule has 96 valence electrons. The number of rotatable bonds is 2. The van der Waals surface area contributed by atoms with E-state index in [1.807, 2.05) is 24.3 Å². The molecule has 0 saturated carbocycles. The summed E-state index contributed by atoms with van der Waals surface area (Å²) in [6.45, 7) is 0. The second-order valence-electron chi connectivity index (χ2n) is 4.03. The maximum Gasteiger partial charge on any atom is 0.223 e. The molecule has 0 bridgehead atoms. The third kappa shape index (κ3) is 1.88. The summed E-state index contributed by atoms with van der Waals surface area (Å²) in [5.74, 6) is 0.493. The van der Waals surface area contributed by atoms with Crippen LogP contribution < -0.4 is 5.32 Å². The average molecular weight is 275 g/mol. The minimum absolute atomic E-state index is 0.0452. The van der Waals surface area contributed by atoms with E-state index < -0.39 is 0 Å². The molecule has 0 aliphatic heterocycles. The highest BCUT2D eigenvalue weighted by Crippen LogP contribution is 2.38. The maximum atomic E-state index is 10.1. The van der Waals surface area contributed by atoms with Crippen molar-refractivity contribution in [1.82, 2.24) is 15.0 Å². The van der Waals surface area contributed by atoms with Gasteiger partial charge in [0, 0.05) is 18.0 Å². The molecule has 0 aliphatic carbocycles. The summed E-state index contributed by atoms with van der Waals surface area (Å²) < 4.78 is 0. The van der Waals surface area contributed by atoms with Gasteiger partial charge in [-0.15, -0.1) is 0 Å². The van der Waals surface area contributed by atoms with Crippen LogP contribution in [0.4, 0.5) is 5.95 Å². The van der Waals surface area contributed by atoms with Gasteiger partial charge < -0.3 is 15.4 Å². The van der Waals surface area contributed by atoms with Crippen LogP contribution >= 0.6 is 11.6 Å². The molecule has 1 aromatic carbocycles. The number of nitrogens with one attached hydrogen (secondary N) is 2. The number of hydrogen-bond donors (Lipinski definition) is 3. The molecule has 0 atom stereocenters. The highest BCUT2D eigenvalue weighted by molar-refractivity contribution is 6.33. The predicted molar refractivity (Wildman–Crippen MR) is 75.5 cm³/mol. The van der Waals surface area contributed by atoms with Crippen molar-refractivity contribution in [1.29, 1.82) is 0 Å². The molecule has 3 N–H and O–H groups in total. The van der Waals surface area contributed by atoms with E-state index in [9.17, 15) is 5.11 Å². The fraction of sp³-hybridized carbons (Fsp3) is 0.0769. The molecule has 0 amide bonds. The summed E-state index contributed by atoms with van der Waals surface area (Å²) in [6.07, 6.45) is 1.51. The van der Waals surface area contributed by atoms with Gasteiger partial charge in [0.25, 0.3) is 0 Å². The molecule has 0 radical (unpaired) electrons. The Hall–Kier alpha value is -2.27. The molecule has 0 saturated heterocycles. The van der Waals surface area contributed by atoms with Crippen molar-refractivity contribution in [3.05, 3.63) is 35.5 Å². The maximum absolute atomic E-state index is 10.1. The number of nitrogens with zero attached hydrogens (tertiary/aromatic N) is 2. The number of halogens is 1. The Morgan fingerprint density at radius 3 is 2.89 bits per heavy atom. The molecule has 5 nitrogen and oxygen atoms in total. The van der Waals surface area contributed by atoms with Crippen LogP contribution in [0.5, 0.6) is 5.88 Å². The van der Waals surface area contributed by atoms with Gasteiger partial charge in [0.2, 0.25) is 5.95 Å². The van der Waals surface area contributed by atoms with Crippen molar-refractivity contribution >= 4 is 28.5 Å². The quantitative estimate of drug-likeness (QED) is 0.671. The van der Waals surface area contributed by atoms with E-state index >= 15 is 0 Å². The lowest BCUT2D eigenvalue weighted by atomic mass is 10.1. The van der Waals surface area contributed by atoms with E-state index in [1.54, 1.807) is 7.05 Å². The fourth-order valence-electron chi connectivity index (χ4n) is 2.03. The number of aromatic hydroxyl groups is 1. The largest absolute Gasteiger partial charge is 0.494 e. The molecule has 2 heterocycles. The Morgan fingerprint density at radius 1 is 1.32 bits per heavy atom. The second kappa shape index (κ2) is 4.44. The first kappa shape index (κ1) is 11.8. The van der Waals surface area contributed by atoms with Crippen LogP contribution in [-0.2, 0) is 0 Å². The first-order valence-corrected chi connectivity index (χ1v) is 6.09. The summed E-state index contributed by atoms with van der Waals surface area (Å²) in [7, 11) is 1.72. The van der Waals surface area contributed by atoms with Crippen molar-refractivity contribution in [2.45, 2.75) is 0 Å². The monoisotopic (exact) mass is 274 g/mol. The van der Waals surface area contributed by atoms with Gasteiger partial charge in [0.1, 0.15) is 5.69 Å². The van der Waals surface area contributed by atoms with E-state index in [4.69, 9.17) is 11.6 Å². The van der Waals surface area contributed by atoms with Gasteiger partial charge in [-0.05, 0) is 6.07 Å². The van der Waals surface area contributed by atoms with Gasteiger partial charge in [0.05, 0.1) is 16.8 Å². The van der Waals surface area contributed by atoms with Crippen molar-refractivity contribution in [2.24, 2.45) is 0 Å². The molecule has 6 heteroatoms. The first-order chi connectivity index (χ1) is 9.20. The standard InChI is InChI=1S/C13H11ClN4O/c1-15-13-16-6-8(14)11(18-13)10-7-4-2-3-5-9(7)17-12(10)19/h2-6,17,19H,1H3,(H,15,16,18). The lowest BCUT2D eigenvalue weighted by molar-refractivity contribution is 0.460. The van der Waals surface area contributed by atoms with Crippen LogP contribution in [0.25, 0.3) is 22.2 Å². The third-order valence-electron chi connectivity index (χ3n) is 2.89. The van der Waals surface area contributed by atoms with Crippen LogP contribution in [0.1, 0.15) is 0 Å². The second-order valence-corrected chi connectivity index (χ2v) is 4.44. The van der Waals surface area contributed by atoms with E-state index in [0.29, 0.717) is 22.2 Å². The zero-order valence-corrected chi connectivity index (χ0v) is 10.9. The highest BCUT2D eigenvalue weighted by atomic mass is 35.5. The Bertz CT molecular complexity index is 753. The third-order valence-corrected chi connectivity index (χ3v) is 3.17. The number of H-pyrrole nitrogens is 1. The fourth-order valence-corrected chi connectivity index (χ4v) is 2.22. The number of aromatic amines is 1. The smallest absolute Gasteiger partial charge is 0.223 e.